The molecule has 0 bridgehead atoms. The van der Waals surface area contributed by atoms with Crippen LogP contribution < -0.4 is 15.2 Å². The Morgan fingerprint density at radius 3 is 2.53 bits per heavy atom. The molecule has 0 aliphatic rings. The summed E-state index contributed by atoms with van der Waals surface area (Å²) >= 11 is 4.69. The van der Waals surface area contributed by atoms with Crippen LogP contribution in [0.25, 0.3) is 0 Å². The molecule has 100 valence electrons. The zero-order valence-corrected chi connectivity index (χ0v) is 12.8. The number of nitrogen functional groups attached to an aromatic ring is 1. The lowest BCUT2D eigenvalue weighted by molar-refractivity contribution is 0.104. The molecule has 0 saturated heterocycles. The summed E-state index contributed by atoms with van der Waals surface area (Å²) in [5.74, 6) is 0.814. The summed E-state index contributed by atoms with van der Waals surface area (Å²) in [4.78, 5) is 13.0. The number of benzene rings is 1. The number of ether oxygens (including phenoxy) is 2. The zero-order chi connectivity index (χ0) is 14.0. The second-order valence-corrected chi connectivity index (χ2v) is 6.19. The van der Waals surface area contributed by atoms with Gasteiger partial charge in [-0.3, -0.25) is 4.79 Å². The molecular formula is C13H12BrNO3S. The van der Waals surface area contributed by atoms with Crippen molar-refractivity contribution in [3.8, 4) is 11.5 Å². The van der Waals surface area contributed by atoms with Gasteiger partial charge in [0.05, 0.1) is 34.1 Å². The third-order valence-corrected chi connectivity index (χ3v) is 4.24. The second kappa shape index (κ2) is 5.63. The van der Waals surface area contributed by atoms with E-state index in [-0.39, 0.29) is 5.78 Å². The summed E-state index contributed by atoms with van der Waals surface area (Å²) in [6.07, 6.45) is 0. The molecule has 0 aliphatic heterocycles. The molecule has 0 spiro atoms. The third-order valence-electron chi connectivity index (χ3n) is 2.61. The number of carbonyl (C=O) groups excluding carboxylic acids is 1. The first-order valence-electron chi connectivity index (χ1n) is 5.38. The first-order valence-corrected chi connectivity index (χ1v) is 6.99. The summed E-state index contributed by atoms with van der Waals surface area (Å²) < 4.78 is 11.2. The lowest BCUT2D eigenvalue weighted by atomic mass is 10.1. The fourth-order valence-electron chi connectivity index (χ4n) is 1.65. The molecular weight excluding hydrogens is 330 g/mol. The quantitative estimate of drug-likeness (QED) is 0.684. The predicted molar refractivity (Wildman–Crippen MR) is 79.4 cm³/mol. The number of nitrogens with two attached hydrogens (primary N) is 1. The number of rotatable bonds is 4. The molecule has 0 saturated carbocycles. The van der Waals surface area contributed by atoms with Crippen LogP contribution in [0.5, 0.6) is 11.5 Å². The monoisotopic (exact) mass is 341 g/mol. The summed E-state index contributed by atoms with van der Waals surface area (Å²) in [5.41, 5.74) is 6.65. The molecule has 0 unspecified atom stereocenters. The van der Waals surface area contributed by atoms with Gasteiger partial charge in [-0.05, 0) is 34.1 Å². The molecule has 1 aromatic heterocycles. The average molecular weight is 342 g/mol. The van der Waals surface area contributed by atoms with Crippen molar-refractivity contribution in [3.63, 3.8) is 0 Å². The van der Waals surface area contributed by atoms with E-state index in [9.17, 15) is 4.79 Å². The Kier molecular flexibility index (Phi) is 4.11. The number of carbonyl (C=O) groups is 1. The van der Waals surface area contributed by atoms with Crippen molar-refractivity contribution in [2.45, 2.75) is 0 Å². The zero-order valence-electron chi connectivity index (χ0n) is 10.4. The van der Waals surface area contributed by atoms with Crippen LogP contribution in [0.4, 0.5) is 5.69 Å². The molecule has 0 atom stereocenters. The van der Waals surface area contributed by atoms with Gasteiger partial charge in [0.15, 0.2) is 0 Å². The summed E-state index contributed by atoms with van der Waals surface area (Å²) in [5, 5.41) is 0. The molecule has 4 nitrogen and oxygen atoms in total. The lowest BCUT2D eigenvalue weighted by Crippen LogP contribution is -2.06. The normalized spacial score (nSPS) is 10.3. The molecule has 0 radical (unpaired) electrons. The molecule has 2 rings (SSSR count). The fraction of sp³-hybridized carbons (Fsp3) is 0.154. The summed E-state index contributed by atoms with van der Waals surface area (Å²) in [6.45, 7) is 0. The van der Waals surface area contributed by atoms with E-state index in [1.165, 1.54) is 25.6 Å². The highest BCUT2D eigenvalue weighted by Gasteiger charge is 2.18. The predicted octanol–water partition coefficient (Wildman–Crippen LogP) is 3.34. The molecule has 0 fully saturated rings. The standard InChI is InChI=1S/C13H12BrNO3S/c1-17-7-5-8(12(15)9(6-7)18-2)13(16)10-3-4-11(14)19-10/h3-6H,15H2,1-2H3. The van der Waals surface area contributed by atoms with Crippen LogP contribution in [0, 0.1) is 0 Å². The lowest BCUT2D eigenvalue weighted by Gasteiger charge is -2.11. The van der Waals surface area contributed by atoms with Gasteiger partial charge in [0.25, 0.3) is 0 Å². The first-order chi connectivity index (χ1) is 9.06. The Morgan fingerprint density at radius 2 is 2.00 bits per heavy atom. The number of thiophene rings is 1. The van der Waals surface area contributed by atoms with E-state index in [0.717, 1.165) is 3.79 Å². The number of hydrogen-bond acceptors (Lipinski definition) is 5. The minimum atomic E-state index is -0.148. The Labute approximate surface area is 123 Å². The van der Waals surface area contributed by atoms with E-state index in [1.54, 1.807) is 18.2 Å². The van der Waals surface area contributed by atoms with Crippen LogP contribution in [0.2, 0.25) is 0 Å². The van der Waals surface area contributed by atoms with E-state index in [0.29, 0.717) is 27.6 Å². The van der Waals surface area contributed by atoms with E-state index in [4.69, 9.17) is 15.2 Å². The van der Waals surface area contributed by atoms with Crippen molar-refractivity contribution < 1.29 is 14.3 Å². The maximum Gasteiger partial charge on any atom is 0.205 e. The largest absolute Gasteiger partial charge is 0.497 e. The molecule has 0 aliphatic carbocycles. The summed E-state index contributed by atoms with van der Waals surface area (Å²) in [6, 6.07) is 6.85. The van der Waals surface area contributed by atoms with Crippen LogP contribution in [-0.2, 0) is 0 Å². The van der Waals surface area contributed by atoms with Gasteiger partial charge in [-0.2, -0.15) is 0 Å². The van der Waals surface area contributed by atoms with E-state index >= 15 is 0 Å². The molecule has 1 aromatic carbocycles. The highest BCUT2D eigenvalue weighted by atomic mass is 79.9. The third kappa shape index (κ3) is 2.74. The maximum absolute atomic E-state index is 12.4. The van der Waals surface area contributed by atoms with Gasteiger partial charge < -0.3 is 15.2 Å². The number of ketones is 1. The van der Waals surface area contributed by atoms with E-state index in [1.807, 2.05) is 6.07 Å². The van der Waals surface area contributed by atoms with Crippen LogP contribution in [-0.4, -0.2) is 20.0 Å². The maximum atomic E-state index is 12.4. The van der Waals surface area contributed by atoms with Crippen molar-refractivity contribution in [1.82, 2.24) is 0 Å². The van der Waals surface area contributed by atoms with Crippen molar-refractivity contribution >= 4 is 38.7 Å². The van der Waals surface area contributed by atoms with E-state index < -0.39 is 0 Å². The number of halogens is 1. The van der Waals surface area contributed by atoms with Crippen molar-refractivity contribution in [2.24, 2.45) is 0 Å². The van der Waals surface area contributed by atoms with Crippen molar-refractivity contribution in [1.29, 1.82) is 0 Å². The molecule has 19 heavy (non-hydrogen) atoms. The molecule has 2 aromatic rings. The van der Waals surface area contributed by atoms with E-state index in [2.05, 4.69) is 15.9 Å². The highest BCUT2D eigenvalue weighted by Crippen LogP contribution is 2.34. The fourth-order valence-corrected chi connectivity index (χ4v) is 2.99. The Morgan fingerprint density at radius 1 is 1.26 bits per heavy atom. The first kappa shape index (κ1) is 13.9. The van der Waals surface area contributed by atoms with Crippen LogP contribution >= 0.6 is 27.3 Å². The van der Waals surface area contributed by atoms with Crippen LogP contribution in [0.1, 0.15) is 15.2 Å². The van der Waals surface area contributed by atoms with Gasteiger partial charge in [-0.15, -0.1) is 11.3 Å². The average Bonchev–Trinajstić information content (AvgIpc) is 2.85. The van der Waals surface area contributed by atoms with Gasteiger partial charge in [0, 0.05) is 6.07 Å². The molecule has 1 heterocycles. The van der Waals surface area contributed by atoms with Crippen molar-refractivity contribution in [2.75, 3.05) is 20.0 Å². The molecule has 2 N–H and O–H groups in total. The van der Waals surface area contributed by atoms with Gasteiger partial charge in [-0.25, -0.2) is 0 Å². The minimum Gasteiger partial charge on any atom is -0.497 e. The second-order valence-electron chi connectivity index (χ2n) is 3.72. The highest BCUT2D eigenvalue weighted by molar-refractivity contribution is 9.11. The van der Waals surface area contributed by atoms with Gasteiger partial charge in [0.2, 0.25) is 5.78 Å². The minimum absolute atomic E-state index is 0.148. The van der Waals surface area contributed by atoms with Crippen LogP contribution in [0.3, 0.4) is 0 Å². The number of methoxy groups -OCH3 is 2. The smallest absolute Gasteiger partial charge is 0.205 e. The molecule has 0 amide bonds. The van der Waals surface area contributed by atoms with Gasteiger partial charge >= 0.3 is 0 Å². The molecule has 6 heteroatoms. The Bertz CT molecular complexity index is 624. The van der Waals surface area contributed by atoms with Crippen LogP contribution in [0.15, 0.2) is 28.1 Å². The Hall–Kier alpha value is -1.53. The Balaban J connectivity index is 2.52. The van der Waals surface area contributed by atoms with Crippen molar-refractivity contribution in [3.05, 3.63) is 38.5 Å². The SMILES string of the molecule is COc1cc(OC)c(N)c(C(=O)c2ccc(Br)s2)c1. The number of hydrogen-bond donors (Lipinski definition) is 1. The van der Waals surface area contributed by atoms with Gasteiger partial charge in [-0.1, -0.05) is 0 Å². The summed E-state index contributed by atoms with van der Waals surface area (Å²) in [7, 11) is 3.03. The topological polar surface area (TPSA) is 61.6 Å². The van der Waals surface area contributed by atoms with Gasteiger partial charge in [0.1, 0.15) is 11.5 Å². The number of anilines is 1.